The maximum Gasteiger partial charge on any atom is 0.275 e. The van der Waals surface area contributed by atoms with Crippen LogP contribution in [-0.2, 0) is 0 Å². The second-order valence-corrected chi connectivity index (χ2v) is 5.39. The van der Waals surface area contributed by atoms with Gasteiger partial charge in [-0.2, -0.15) is 5.10 Å². The number of nitrogens with zero attached hydrogens (tertiary/aromatic N) is 2. The first-order chi connectivity index (χ1) is 10.5. The van der Waals surface area contributed by atoms with Gasteiger partial charge < -0.3 is 9.30 Å². The number of hydrogen-bond acceptors (Lipinski definition) is 3. The molecule has 2 rings (SSSR count). The van der Waals surface area contributed by atoms with Crippen LogP contribution in [0.15, 0.2) is 41.8 Å². The molecule has 2 aromatic rings. The Kier molecular flexibility index (Phi) is 4.99. The summed E-state index contributed by atoms with van der Waals surface area (Å²) in [7, 11) is 1.55. The molecule has 1 heterocycles. The number of benzene rings is 1. The molecule has 0 spiro atoms. The second-order valence-electron chi connectivity index (χ2n) is 5.39. The molecule has 1 amide bonds. The summed E-state index contributed by atoms with van der Waals surface area (Å²) in [5.41, 5.74) is 4.95. The van der Waals surface area contributed by atoms with Crippen LogP contribution in [0.5, 0.6) is 5.75 Å². The van der Waals surface area contributed by atoms with Gasteiger partial charge in [0.1, 0.15) is 5.75 Å². The molecule has 0 atom stereocenters. The zero-order valence-corrected chi connectivity index (χ0v) is 13.3. The van der Waals surface area contributed by atoms with E-state index in [9.17, 15) is 4.79 Å². The van der Waals surface area contributed by atoms with Crippen LogP contribution >= 0.6 is 0 Å². The van der Waals surface area contributed by atoms with Gasteiger partial charge in [-0.3, -0.25) is 4.79 Å². The minimum Gasteiger partial charge on any atom is -0.496 e. The molecular weight excluding hydrogens is 278 g/mol. The Morgan fingerprint density at radius 1 is 1.36 bits per heavy atom. The summed E-state index contributed by atoms with van der Waals surface area (Å²) in [6.07, 6.45) is 5.58. The van der Waals surface area contributed by atoms with Crippen molar-refractivity contribution in [3.05, 3.63) is 53.3 Å². The van der Waals surface area contributed by atoms with Gasteiger partial charge in [-0.25, -0.2) is 5.43 Å². The van der Waals surface area contributed by atoms with E-state index in [4.69, 9.17) is 4.74 Å². The number of hydrazone groups is 1. The van der Waals surface area contributed by atoms with E-state index in [0.717, 1.165) is 11.1 Å². The number of methoxy groups -OCH3 is 1. The molecule has 0 saturated heterocycles. The molecular formula is C17H21N3O2. The highest BCUT2D eigenvalue weighted by Crippen LogP contribution is 2.19. The molecule has 0 unspecified atom stereocenters. The number of amides is 1. The molecule has 0 aliphatic heterocycles. The van der Waals surface area contributed by atoms with E-state index in [0.29, 0.717) is 17.4 Å². The third kappa shape index (κ3) is 3.75. The number of aryl methyl sites for hydroxylation is 1. The molecule has 0 radical (unpaired) electrons. The summed E-state index contributed by atoms with van der Waals surface area (Å²) in [4.78, 5) is 12.1. The topological polar surface area (TPSA) is 55.6 Å². The average molecular weight is 299 g/mol. The third-order valence-corrected chi connectivity index (χ3v) is 3.31. The molecule has 0 aliphatic rings. The predicted molar refractivity (Wildman–Crippen MR) is 87.6 cm³/mol. The van der Waals surface area contributed by atoms with Gasteiger partial charge in [-0.15, -0.1) is 0 Å². The van der Waals surface area contributed by atoms with Crippen molar-refractivity contribution < 1.29 is 9.53 Å². The predicted octanol–water partition coefficient (Wildman–Crippen LogP) is 3.15. The lowest BCUT2D eigenvalue weighted by molar-refractivity contribution is 0.0952. The van der Waals surface area contributed by atoms with Crippen LogP contribution in [0.2, 0.25) is 0 Å². The number of rotatable bonds is 5. The minimum absolute atomic E-state index is 0.295. The van der Waals surface area contributed by atoms with Gasteiger partial charge >= 0.3 is 0 Å². The van der Waals surface area contributed by atoms with Crippen LogP contribution in [0.25, 0.3) is 0 Å². The Morgan fingerprint density at radius 3 is 2.77 bits per heavy atom. The molecule has 0 bridgehead atoms. The average Bonchev–Trinajstić information content (AvgIpc) is 2.96. The Bertz CT molecular complexity index is 687. The zero-order chi connectivity index (χ0) is 16.1. The van der Waals surface area contributed by atoms with Crippen molar-refractivity contribution in [3.63, 3.8) is 0 Å². The zero-order valence-electron chi connectivity index (χ0n) is 13.3. The van der Waals surface area contributed by atoms with E-state index in [1.165, 1.54) is 0 Å². The van der Waals surface area contributed by atoms with Crippen molar-refractivity contribution in [1.29, 1.82) is 0 Å². The van der Waals surface area contributed by atoms with E-state index in [1.807, 2.05) is 37.5 Å². The van der Waals surface area contributed by atoms with Crippen molar-refractivity contribution in [2.45, 2.75) is 26.8 Å². The van der Waals surface area contributed by atoms with Crippen molar-refractivity contribution in [2.24, 2.45) is 5.10 Å². The van der Waals surface area contributed by atoms with Gasteiger partial charge in [0.25, 0.3) is 5.91 Å². The second kappa shape index (κ2) is 6.93. The minimum atomic E-state index is -0.295. The first kappa shape index (κ1) is 15.8. The van der Waals surface area contributed by atoms with Crippen LogP contribution in [0.3, 0.4) is 0 Å². The molecule has 0 aliphatic carbocycles. The van der Waals surface area contributed by atoms with Crippen molar-refractivity contribution in [1.82, 2.24) is 9.99 Å². The number of hydrogen-bond donors (Lipinski definition) is 1. The number of carbonyl (C=O) groups excluding carboxylic acids is 1. The van der Waals surface area contributed by atoms with Crippen molar-refractivity contribution >= 4 is 12.1 Å². The number of nitrogens with one attached hydrogen (secondary N) is 1. The van der Waals surface area contributed by atoms with Gasteiger partial charge in [0, 0.05) is 24.0 Å². The van der Waals surface area contributed by atoms with E-state index < -0.39 is 0 Å². The summed E-state index contributed by atoms with van der Waals surface area (Å²) in [6.45, 7) is 6.15. The first-order valence-electron chi connectivity index (χ1n) is 7.16. The molecule has 22 heavy (non-hydrogen) atoms. The van der Waals surface area contributed by atoms with Crippen LogP contribution in [0.4, 0.5) is 0 Å². The fraction of sp³-hybridized carbons (Fsp3) is 0.294. The van der Waals surface area contributed by atoms with E-state index in [-0.39, 0.29) is 5.91 Å². The standard InChI is InChI=1S/C17H21N3O2/c1-12(2)20-8-7-14(11-20)10-18-19-17(21)15-6-5-13(3)9-16(15)22-4/h5-12H,1-4H3,(H,19,21)/b18-10-. The highest BCUT2D eigenvalue weighted by atomic mass is 16.5. The Morgan fingerprint density at radius 2 is 2.14 bits per heavy atom. The summed E-state index contributed by atoms with van der Waals surface area (Å²) in [5.74, 6) is 0.245. The van der Waals surface area contributed by atoms with Gasteiger partial charge in [0.05, 0.1) is 18.9 Å². The smallest absolute Gasteiger partial charge is 0.275 e. The van der Waals surface area contributed by atoms with Gasteiger partial charge in [0.15, 0.2) is 0 Å². The first-order valence-corrected chi connectivity index (χ1v) is 7.16. The molecule has 0 fully saturated rings. The maximum atomic E-state index is 12.1. The highest BCUT2D eigenvalue weighted by molar-refractivity contribution is 5.97. The fourth-order valence-corrected chi connectivity index (χ4v) is 2.04. The van der Waals surface area contributed by atoms with Crippen LogP contribution < -0.4 is 10.2 Å². The number of ether oxygens (including phenoxy) is 1. The number of aromatic nitrogens is 1. The Balaban J connectivity index is 2.04. The number of carbonyl (C=O) groups is 1. The summed E-state index contributed by atoms with van der Waals surface area (Å²) in [5, 5.41) is 3.99. The third-order valence-electron chi connectivity index (χ3n) is 3.31. The van der Waals surface area contributed by atoms with E-state index in [1.54, 1.807) is 19.4 Å². The van der Waals surface area contributed by atoms with Gasteiger partial charge in [-0.1, -0.05) is 6.07 Å². The molecule has 1 aromatic carbocycles. The molecule has 5 nitrogen and oxygen atoms in total. The summed E-state index contributed by atoms with van der Waals surface area (Å²) in [6, 6.07) is 7.76. The maximum absolute atomic E-state index is 12.1. The molecule has 116 valence electrons. The quantitative estimate of drug-likeness (QED) is 0.681. The van der Waals surface area contributed by atoms with E-state index >= 15 is 0 Å². The lowest BCUT2D eigenvalue weighted by Gasteiger charge is -2.07. The fourth-order valence-electron chi connectivity index (χ4n) is 2.04. The van der Waals surface area contributed by atoms with Crippen molar-refractivity contribution in [2.75, 3.05) is 7.11 Å². The monoisotopic (exact) mass is 299 g/mol. The molecule has 5 heteroatoms. The highest BCUT2D eigenvalue weighted by Gasteiger charge is 2.11. The summed E-state index contributed by atoms with van der Waals surface area (Å²) >= 11 is 0. The Labute approximate surface area is 130 Å². The SMILES string of the molecule is COc1cc(C)ccc1C(=O)N/N=C\c1ccn(C(C)C)c1. The lowest BCUT2D eigenvalue weighted by Crippen LogP contribution is -2.18. The molecule has 1 N–H and O–H groups in total. The van der Waals surface area contributed by atoms with E-state index in [2.05, 4.69) is 28.9 Å². The van der Waals surface area contributed by atoms with Gasteiger partial charge in [0.2, 0.25) is 0 Å². The normalized spacial score (nSPS) is 11.1. The summed E-state index contributed by atoms with van der Waals surface area (Å²) < 4.78 is 7.30. The molecule has 0 saturated carbocycles. The van der Waals surface area contributed by atoms with Crippen LogP contribution in [0.1, 0.15) is 41.4 Å². The van der Waals surface area contributed by atoms with Gasteiger partial charge in [-0.05, 0) is 44.5 Å². The Hall–Kier alpha value is -2.56. The van der Waals surface area contributed by atoms with Crippen LogP contribution in [0, 0.1) is 6.92 Å². The van der Waals surface area contributed by atoms with Crippen LogP contribution in [-0.4, -0.2) is 23.8 Å². The molecule has 1 aromatic heterocycles. The largest absolute Gasteiger partial charge is 0.496 e. The van der Waals surface area contributed by atoms with Crippen molar-refractivity contribution in [3.8, 4) is 5.75 Å². The lowest BCUT2D eigenvalue weighted by atomic mass is 10.1.